The fourth-order valence-corrected chi connectivity index (χ4v) is 8.12. The third kappa shape index (κ3) is 3.83. The number of aryl methyl sites for hydroxylation is 1. The SMILES string of the molecule is COc1c2c(c(O)c3c4c(c(C)cc13)C1OC3(COC5OC(CO)C(O)C(O)C5O)C[C@]5(CO5)[C@](OC)(O4)C1O3)C(=O)CCC2. The van der Waals surface area contributed by atoms with Crippen molar-refractivity contribution in [3.05, 3.63) is 28.3 Å². The number of epoxide rings is 1. The van der Waals surface area contributed by atoms with Gasteiger partial charge in [0.2, 0.25) is 0 Å². The molecular weight excluding hydrogens is 596 g/mol. The Labute approximate surface area is 257 Å². The minimum atomic E-state index is -1.62. The molecule has 2 aromatic rings. The molecule has 0 aromatic heterocycles. The number of rotatable bonds is 6. The van der Waals surface area contributed by atoms with Gasteiger partial charge in [0, 0.05) is 36.5 Å². The van der Waals surface area contributed by atoms with Crippen LogP contribution in [0.4, 0.5) is 0 Å². The van der Waals surface area contributed by atoms with Gasteiger partial charge in [-0.05, 0) is 31.4 Å². The van der Waals surface area contributed by atoms with E-state index in [9.17, 15) is 30.3 Å². The second-order valence-corrected chi connectivity index (χ2v) is 12.8. The monoisotopic (exact) mass is 632 g/mol. The number of aromatic hydroxyl groups is 1. The van der Waals surface area contributed by atoms with E-state index in [0.717, 1.165) is 5.56 Å². The van der Waals surface area contributed by atoms with Crippen LogP contribution >= 0.6 is 0 Å². The molecule has 8 unspecified atom stereocenters. The Balaban J connectivity index is 1.24. The number of ketones is 1. The molecule has 0 amide bonds. The molecule has 6 aliphatic rings. The summed E-state index contributed by atoms with van der Waals surface area (Å²) < 4.78 is 49.5. The molecule has 14 nitrogen and oxygen atoms in total. The van der Waals surface area contributed by atoms with Crippen molar-refractivity contribution in [3.8, 4) is 17.2 Å². The van der Waals surface area contributed by atoms with E-state index in [1.165, 1.54) is 14.2 Å². The van der Waals surface area contributed by atoms with E-state index >= 15 is 0 Å². The third-order valence-electron chi connectivity index (χ3n) is 10.3. The average Bonchev–Trinajstić information content (AvgIpc) is 3.70. The van der Waals surface area contributed by atoms with Gasteiger partial charge in [-0.15, -0.1) is 0 Å². The first-order valence-corrected chi connectivity index (χ1v) is 15.1. The minimum Gasteiger partial charge on any atom is -0.506 e. The first-order chi connectivity index (χ1) is 21.5. The van der Waals surface area contributed by atoms with Crippen LogP contribution in [-0.2, 0) is 34.8 Å². The van der Waals surface area contributed by atoms with E-state index in [2.05, 4.69) is 0 Å². The zero-order chi connectivity index (χ0) is 31.6. The smallest absolute Gasteiger partial charge is 0.271 e. The highest BCUT2D eigenvalue weighted by atomic mass is 16.8. The van der Waals surface area contributed by atoms with Crippen LogP contribution in [0, 0.1) is 6.92 Å². The summed E-state index contributed by atoms with van der Waals surface area (Å²) >= 11 is 0. The molecule has 14 heteroatoms. The lowest BCUT2D eigenvalue weighted by Gasteiger charge is -2.49. The summed E-state index contributed by atoms with van der Waals surface area (Å²) in [5.74, 6) is -2.53. The Kier molecular flexibility index (Phi) is 6.57. The number of aliphatic hydroxyl groups is 4. The molecule has 1 spiro atoms. The standard InChI is InChI=1S/C31H36O14/c1-12-7-14-19(21(35)18-13(24(14)38-2)5-4-6-15(18)33)25-17(12)26-27-31(39-3,44-25)29(10-41-29)9-30(43-26,45-27)11-40-28-23(37)22(36)20(34)16(8-32)42-28/h7,16,20,22-23,26-28,32,34-37H,4-6,8-11H2,1-3H3/t16?,20?,22?,23?,26?,27?,28?,29-,30?,31+/m0/s1. The zero-order valence-corrected chi connectivity index (χ0v) is 25.0. The van der Waals surface area contributed by atoms with Gasteiger partial charge >= 0.3 is 0 Å². The van der Waals surface area contributed by atoms with Crippen LogP contribution in [0.2, 0.25) is 0 Å². The molecule has 1 aliphatic carbocycles. The topological polar surface area (TPSA) is 195 Å². The quantitative estimate of drug-likeness (QED) is 0.272. The van der Waals surface area contributed by atoms with Crippen molar-refractivity contribution in [2.75, 3.05) is 34.0 Å². The van der Waals surface area contributed by atoms with Gasteiger partial charge in [0.1, 0.15) is 54.4 Å². The number of methoxy groups -OCH3 is 2. The Morgan fingerprint density at radius 3 is 2.56 bits per heavy atom. The number of hydrogen-bond acceptors (Lipinski definition) is 14. The number of carbonyl (C=O) groups is 1. The van der Waals surface area contributed by atoms with Gasteiger partial charge < -0.3 is 63.4 Å². The minimum absolute atomic E-state index is 0.0897. The highest BCUT2D eigenvalue weighted by Gasteiger charge is 2.81. The largest absolute Gasteiger partial charge is 0.506 e. The van der Waals surface area contributed by atoms with Gasteiger partial charge in [0.05, 0.1) is 31.3 Å². The molecule has 5 N–H and O–H groups in total. The van der Waals surface area contributed by atoms with Crippen molar-refractivity contribution in [2.45, 2.75) is 92.7 Å². The van der Waals surface area contributed by atoms with Gasteiger partial charge in [-0.3, -0.25) is 4.79 Å². The summed E-state index contributed by atoms with van der Waals surface area (Å²) in [6.07, 6.45) is -7.33. The van der Waals surface area contributed by atoms with E-state index in [4.69, 9.17) is 37.9 Å². The molecule has 4 fully saturated rings. The molecule has 0 saturated carbocycles. The molecule has 0 radical (unpaired) electrons. The number of phenols is 1. The highest BCUT2D eigenvalue weighted by Crippen LogP contribution is 2.66. The van der Waals surface area contributed by atoms with Gasteiger partial charge in [-0.25, -0.2) is 0 Å². The third-order valence-corrected chi connectivity index (χ3v) is 10.3. The molecule has 10 atom stereocenters. The van der Waals surface area contributed by atoms with Crippen LogP contribution < -0.4 is 9.47 Å². The van der Waals surface area contributed by atoms with Crippen molar-refractivity contribution >= 4 is 16.6 Å². The van der Waals surface area contributed by atoms with Crippen molar-refractivity contribution < 1.29 is 68.2 Å². The number of benzene rings is 2. The lowest BCUT2D eigenvalue weighted by Crippen LogP contribution is -2.68. The predicted molar refractivity (Wildman–Crippen MR) is 149 cm³/mol. The van der Waals surface area contributed by atoms with Crippen LogP contribution in [0.25, 0.3) is 10.8 Å². The molecule has 5 heterocycles. The molecule has 45 heavy (non-hydrogen) atoms. The average molecular weight is 633 g/mol. The number of phenolic OH excluding ortho intramolecular Hbond substituents is 1. The Morgan fingerprint density at radius 1 is 1.09 bits per heavy atom. The van der Waals surface area contributed by atoms with Crippen LogP contribution in [0.1, 0.15) is 52.4 Å². The van der Waals surface area contributed by atoms with E-state index in [-0.39, 0.29) is 42.5 Å². The van der Waals surface area contributed by atoms with Crippen LogP contribution in [-0.4, -0.2) is 119 Å². The summed E-state index contributed by atoms with van der Waals surface area (Å²) in [4.78, 5) is 13.1. The van der Waals surface area contributed by atoms with Crippen molar-refractivity contribution in [1.29, 1.82) is 0 Å². The van der Waals surface area contributed by atoms with Crippen molar-refractivity contribution in [1.82, 2.24) is 0 Å². The molecule has 244 valence electrons. The Morgan fingerprint density at radius 2 is 1.87 bits per heavy atom. The molecule has 2 aromatic carbocycles. The number of fused-ring (bicyclic) bond motifs is 7. The second kappa shape index (κ2) is 9.94. The Hall–Kier alpha value is -2.63. The molecule has 4 saturated heterocycles. The van der Waals surface area contributed by atoms with Gasteiger partial charge in [-0.1, -0.05) is 0 Å². The molecule has 8 rings (SSSR count). The maximum atomic E-state index is 13.1. The van der Waals surface area contributed by atoms with Crippen LogP contribution in [0.15, 0.2) is 6.07 Å². The van der Waals surface area contributed by atoms with Crippen molar-refractivity contribution in [3.63, 3.8) is 0 Å². The summed E-state index contributed by atoms with van der Waals surface area (Å²) in [5.41, 5.74) is 1.20. The summed E-state index contributed by atoms with van der Waals surface area (Å²) in [7, 11) is 3.02. The summed E-state index contributed by atoms with van der Waals surface area (Å²) in [6.45, 7) is 1.24. The molecule has 2 bridgehead atoms. The van der Waals surface area contributed by atoms with Gasteiger partial charge in [0.25, 0.3) is 5.79 Å². The maximum absolute atomic E-state index is 13.1. The summed E-state index contributed by atoms with van der Waals surface area (Å²) in [6, 6.07) is 1.88. The first kappa shape index (κ1) is 29.8. The second-order valence-electron chi connectivity index (χ2n) is 12.8. The van der Waals surface area contributed by atoms with E-state index in [1.54, 1.807) is 0 Å². The lowest BCUT2D eigenvalue weighted by molar-refractivity contribution is -0.353. The first-order valence-electron chi connectivity index (χ1n) is 15.1. The maximum Gasteiger partial charge on any atom is 0.271 e. The van der Waals surface area contributed by atoms with Gasteiger partial charge in [-0.2, -0.15) is 0 Å². The van der Waals surface area contributed by atoms with Gasteiger partial charge in [0.15, 0.2) is 29.6 Å². The van der Waals surface area contributed by atoms with Crippen LogP contribution in [0.5, 0.6) is 17.2 Å². The zero-order valence-electron chi connectivity index (χ0n) is 25.0. The highest BCUT2D eigenvalue weighted by molar-refractivity contribution is 6.11. The van der Waals surface area contributed by atoms with Crippen LogP contribution in [0.3, 0.4) is 0 Å². The fourth-order valence-electron chi connectivity index (χ4n) is 8.12. The predicted octanol–water partition coefficient (Wildman–Crippen LogP) is 0.259. The fraction of sp³-hybridized carbons (Fsp3) is 0.645. The molecular formula is C31H36O14. The summed E-state index contributed by atoms with van der Waals surface area (Å²) in [5, 5.41) is 53.2. The number of Topliss-reactive ketones (excluding diaryl/α,β-unsaturated/α-hetero) is 1. The number of carbonyl (C=O) groups excluding carboxylic acids is 1. The number of hydrogen-bond donors (Lipinski definition) is 5. The van der Waals surface area contributed by atoms with E-state index in [0.29, 0.717) is 46.9 Å². The van der Waals surface area contributed by atoms with Crippen molar-refractivity contribution in [2.24, 2.45) is 0 Å². The Bertz CT molecular complexity index is 1590. The normalized spacial score (nSPS) is 41.1. The number of aliphatic hydroxyl groups excluding tert-OH is 4. The lowest BCUT2D eigenvalue weighted by atomic mass is 9.78. The van der Waals surface area contributed by atoms with E-state index < -0.39 is 66.7 Å². The molecule has 5 aliphatic heterocycles. The van der Waals surface area contributed by atoms with E-state index in [1.807, 2.05) is 13.0 Å². The number of ether oxygens (including phenoxy) is 8.